The summed E-state index contributed by atoms with van der Waals surface area (Å²) in [5, 5.41) is 0. The summed E-state index contributed by atoms with van der Waals surface area (Å²) < 4.78 is 22.7. The van der Waals surface area contributed by atoms with Gasteiger partial charge in [0.2, 0.25) is 0 Å². The lowest BCUT2D eigenvalue weighted by atomic mass is 10.5. The Kier molecular flexibility index (Phi) is 2.84. The molecule has 1 rings (SSSR count). The van der Waals surface area contributed by atoms with Crippen LogP contribution in [0.4, 0.5) is 0 Å². The van der Waals surface area contributed by atoms with Crippen molar-refractivity contribution in [3.63, 3.8) is 0 Å². The van der Waals surface area contributed by atoms with Gasteiger partial charge < -0.3 is 0 Å². The maximum absolute atomic E-state index is 11.2. The SMILES string of the molecule is CONS(=O)(=O)c1ccc(C)s1. The standard InChI is InChI=1S/C6H9NO3S2/c1-5-3-4-6(11-5)12(8,9)7-10-2/h3-4,7H,1-2H3. The van der Waals surface area contributed by atoms with Crippen LogP contribution in [0.3, 0.4) is 0 Å². The van der Waals surface area contributed by atoms with Gasteiger partial charge in [-0.1, -0.05) is 4.89 Å². The van der Waals surface area contributed by atoms with Crippen LogP contribution in [-0.2, 0) is 14.9 Å². The van der Waals surface area contributed by atoms with Crippen LogP contribution in [0.25, 0.3) is 0 Å². The molecule has 1 N–H and O–H groups in total. The van der Waals surface area contributed by atoms with E-state index in [9.17, 15) is 8.42 Å². The van der Waals surface area contributed by atoms with Crippen molar-refractivity contribution in [2.24, 2.45) is 0 Å². The van der Waals surface area contributed by atoms with E-state index in [1.165, 1.54) is 18.4 Å². The van der Waals surface area contributed by atoms with Gasteiger partial charge in [0.15, 0.2) is 0 Å². The summed E-state index contributed by atoms with van der Waals surface area (Å²) in [5.74, 6) is 0. The topological polar surface area (TPSA) is 55.4 Å². The van der Waals surface area contributed by atoms with Crippen LogP contribution in [0.5, 0.6) is 0 Å². The highest BCUT2D eigenvalue weighted by atomic mass is 32.2. The molecule has 0 spiro atoms. The predicted octanol–water partition coefficient (Wildman–Crippen LogP) is 0.896. The van der Waals surface area contributed by atoms with Crippen LogP contribution in [0.2, 0.25) is 0 Å². The first-order valence-electron chi connectivity index (χ1n) is 3.17. The highest BCUT2D eigenvalue weighted by Crippen LogP contribution is 2.19. The summed E-state index contributed by atoms with van der Waals surface area (Å²) in [6, 6.07) is 3.29. The molecule has 0 saturated heterocycles. The molecule has 0 fully saturated rings. The van der Waals surface area contributed by atoms with Crippen molar-refractivity contribution in [1.29, 1.82) is 0 Å². The van der Waals surface area contributed by atoms with Gasteiger partial charge in [-0.25, -0.2) is 8.42 Å². The monoisotopic (exact) mass is 207 g/mol. The fourth-order valence-electron chi connectivity index (χ4n) is 0.707. The number of hydrogen-bond donors (Lipinski definition) is 1. The van der Waals surface area contributed by atoms with E-state index < -0.39 is 10.0 Å². The Labute approximate surface area is 75.2 Å². The van der Waals surface area contributed by atoms with Gasteiger partial charge in [-0.15, -0.1) is 11.3 Å². The first kappa shape index (κ1) is 9.66. The Hall–Kier alpha value is -0.430. The van der Waals surface area contributed by atoms with Crippen LogP contribution in [-0.4, -0.2) is 15.5 Å². The van der Waals surface area contributed by atoms with Gasteiger partial charge in [-0.3, -0.25) is 4.84 Å². The molecular weight excluding hydrogens is 198 g/mol. The summed E-state index contributed by atoms with van der Waals surface area (Å²) in [6.07, 6.45) is 0. The molecule has 1 aromatic rings. The minimum Gasteiger partial charge on any atom is -0.290 e. The molecule has 0 radical (unpaired) electrons. The van der Waals surface area contributed by atoms with Crippen molar-refractivity contribution in [3.8, 4) is 0 Å². The molecule has 0 aromatic carbocycles. The first-order valence-corrected chi connectivity index (χ1v) is 5.47. The molecule has 0 unspecified atom stereocenters. The Bertz CT molecular complexity index is 355. The van der Waals surface area contributed by atoms with Crippen molar-refractivity contribution in [1.82, 2.24) is 4.89 Å². The van der Waals surface area contributed by atoms with E-state index >= 15 is 0 Å². The summed E-state index contributed by atoms with van der Waals surface area (Å²) in [6.45, 7) is 1.84. The maximum atomic E-state index is 11.2. The van der Waals surface area contributed by atoms with E-state index in [0.717, 1.165) is 4.88 Å². The third-order valence-corrected chi connectivity index (χ3v) is 3.93. The molecular formula is C6H9NO3S2. The first-order chi connectivity index (χ1) is 5.56. The molecule has 6 heteroatoms. The molecule has 0 amide bonds. The summed E-state index contributed by atoms with van der Waals surface area (Å²) in [7, 11) is -2.18. The second-order valence-corrected chi connectivity index (χ2v) is 5.32. The number of nitrogens with one attached hydrogen (secondary N) is 1. The Balaban J connectivity index is 2.98. The van der Waals surface area contributed by atoms with Crippen LogP contribution in [0, 0.1) is 6.92 Å². The third kappa shape index (κ3) is 2.04. The zero-order valence-corrected chi connectivity index (χ0v) is 8.33. The second kappa shape index (κ2) is 3.53. The number of thiophene rings is 1. The van der Waals surface area contributed by atoms with Crippen molar-refractivity contribution in [2.45, 2.75) is 11.1 Å². The molecule has 12 heavy (non-hydrogen) atoms. The number of aryl methyl sites for hydroxylation is 1. The lowest BCUT2D eigenvalue weighted by Gasteiger charge is -1.99. The molecule has 0 aliphatic heterocycles. The molecule has 68 valence electrons. The van der Waals surface area contributed by atoms with Gasteiger partial charge in [0.1, 0.15) is 4.21 Å². The minimum absolute atomic E-state index is 0.266. The quantitative estimate of drug-likeness (QED) is 0.749. The highest BCUT2D eigenvalue weighted by Gasteiger charge is 2.14. The highest BCUT2D eigenvalue weighted by molar-refractivity contribution is 7.91. The van der Waals surface area contributed by atoms with Crippen LogP contribution >= 0.6 is 11.3 Å². The Morgan fingerprint density at radius 3 is 2.58 bits per heavy atom. The van der Waals surface area contributed by atoms with E-state index in [0.29, 0.717) is 0 Å². The summed E-state index contributed by atoms with van der Waals surface area (Å²) >= 11 is 1.20. The average Bonchev–Trinajstić information content (AvgIpc) is 2.36. The normalized spacial score (nSPS) is 11.8. The molecule has 0 saturated carbocycles. The van der Waals surface area contributed by atoms with Crippen molar-refractivity contribution in [3.05, 3.63) is 17.0 Å². The number of sulfonamides is 1. The predicted molar refractivity (Wildman–Crippen MR) is 46.4 cm³/mol. The second-order valence-electron chi connectivity index (χ2n) is 2.16. The van der Waals surface area contributed by atoms with Crippen molar-refractivity contribution < 1.29 is 13.3 Å². The van der Waals surface area contributed by atoms with Gasteiger partial charge in [0.25, 0.3) is 10.0 Å². The van der Waals surface area contributed by atoms with Gasteiger partial charge >= 0.3 is 0 Å². The van der Waals surface area contributed by atoms with E-state index in [2.05, 4.69) is 4.84 Å². The van der Waals surface area contributed by atoms with Crippen LogP contribution in [0.15, 0.2) is 16.3 Å². The van der Waals surface area contributed by atoms with Crippen molar-refractivity contribution in [2.75, 3.05) is 7.11 Å². The van der Waals surface area contributed by atoms with Crippen LogP contribution < -0.4 is 4.89 Å². The molecule has 1 heterocycles. The van der Waals surface area contributed by atoms with Gasteiger partial charge in [-0.2, -0.15) is 0 Å². The molecule has 0 aliphatic carbocycles. The number of rotatable bonds is 3. The van der Waals surface area contributed by atoms with Crippen LogP contribution in [0.1, 0.15) is 4.88 Å². The zero-order valence-electron chi connectivity index (χ0n) is 6.70. The van der Waals surface area contributed by atoms with E-state index in [1.54, 1.807) is 12.1 Å². The Morgan fingerprint density at radius 1 is 1.50 bits per heavy atom. The lowest BCUT2D eigenvalue weighted by molar-refractivity contribution is 0.153. The zero-order chi connectivity index (χ0) is 9.19. The van der Waals surface area contributed by atoms with Gasteiger partial charge in [-0.05, 0) is 19.1 Å². The summed E-state index contributed by atoms with van der Waals surface area (Å²) in [4.78, 5) is 7.22. The van der Waals surface area contributed by atoms with Crippen molar-refractivity contribution >= 4 is 21.4 Å². The molecule has 4 nitrogen and oxygen atoms in total. The molecule has 0 bridgehead atoms. The van der Waals surface area contributed by atoms with Gasteiger partial charge in [0, 0.05) is 4.88 Å². The average molecular weight is 207 g/mol. The molecule has 1 aromatic heterocycles. The van der Waals surface area contributed by atoms with E-state index in [4.69, 9.17) is 0 Å². The smallest absolute Gasteiger partial charge is 0.271 e. The van der Waals surface area contributed by atoms with Gasteiger partial charge in [0.05, 0.1) is 7.11 Å². The minimum atomic E-state index is -3.44. The fraction of sp³-hybridized carbons (Fsp3) is 0.333. The maximum Gasteiger partial charge on any atom is 0.271 e. The van der Waals surface area contributed by atoms with E-state index in [1.807, 2.05) is 11.8 Å². The third-order valence-electron chi connectivity index (χ3n) is 1.17. The fourth-order valence-corrected chi connectivity index (χ4v) is 2.78. The molecule has 0 atom stereocenters. The summed E-state index contributed by atoms with van der Waals surface area (Å²) in [5.41, 5.74) is 0. The molecule has 0 aliphatic rings. The Morgan fingerprint density at radius 2 is 2.17 bits per heavy atom. The number of hydrogen-bond acceptors (Lipinski definition) is 4. The largest absolute Gasteiger partial charge is 0.290 e. The van der Waals surface area contributed by atoms with E-state index in [-0.39, 0.29) is 4.21 Å². The lowest BCUT2D eigenvalue weighted by Crippen LogP contribution is -2.21.